The molecule has 0 saturated carbocycles. The summed E-state index contributed by atoms with van der Waals surface area (Å²) in [7, 11) is 0. The van der Waals surface area contributed by atoms with Crippen LogP contribution in [0.2, 0.25) is 0 Å². The summed E-state index contributed by atoms with van der Waals surface area (Å²) in [5.74, 6) is -6.37. The maximum atomic E-state index is 13.5. The lowest BCUT2D eigenvalue weighted by molar-refractivity contribution is 0.458. The lowest BCUT2D eigenvalue weighted by Gasteiger charge is -2.07. The van der Waals surface area contributed by atoms with E-state index in [2.05, 4.69) is 5.10 Å². The summed E-state index contributed by atoms with van der Waals surface area (Å²) >= 11 is 0. The first kappa shape index (κ1) is 15.8. The molecule has 0 aromatic heterocycles. The molecule has 0 spiro atoms. The molecule has 0 aliphatic carbocycles. The summed E-state index contributed by atoms with van der Waals surface area (Å²) in [5, 5.41) is 15.0. The molecule has 0 heterocycles. The van der Waals surface area contributed by atoms with Crippen LogP contribution in [0.3, 0.4) is 0 Å². The third kappa shape index (κ3) is 2.76. The van der Waals surface area contributed by atoms with Gasteiger partial charge in [-0.3, -0.25) is 5.43 Å². The van der Waals surface area contributed by atoms with E-state index in [0.717, 1.165) is 11.6 Å². The van der Waals surface area contributed by atoms with E-state index < -0.39 is 29.0 Å². The molecule has 3 nitrogen and oxygen atoms in total. The highest BCUT2D eigenvalue weighted by molar-refractivity contribution is 6.02. The second-order valence-corrected chi connectivity index (χ2v) is 4.93. The number of halogens is 4. The van der Waals surface area contributed by atoms with Crippen LogP contribution in [0.1, 0.15) is 5.56 Å². The second kappa shape index (κ2) is 6.19. The van der Waals surface area contributed by atoms with Gasteiger partial charge in [-0.1, -0.05) is 30.3 Å². The fourth-order valence-corrected chi connectivity index (χ4v) is 2.25. The first-order chi connectivity index (χ1) is 11.5. The van der Waals surface area contributed by atoms with Gasteiger partial charge in [0.05, 0.1) is 6.21 Å². The van der Waals surface area contributed by atoms with Gasteiger partial charge in [0, 0.05) is 11.6 Å². The number of benzene rings is 3. The smallest absolute Gasteiger partial charge is 0.186 e. The summed E-state index contributed by atoms with van der Waals surface area (Å²) in [5.41, 5.74) is 1.17. The Morgan fingerprint density at radius 1 is 0.917 bits per heavy atom. The van der Waals surface area contributed by atoms with Crippen LogP contribution in [-0.4, -0.2) is 11.3 Å². The highest BCUT2D eigenvalue weighted by Gasteiger charge is 2.18. The quantitative estimate of drug-likeness (QED) is 0.319. The molecule has 2 N–H and O–H groups in total. The zero-order chi connectivity index (χ0) is 17.3. The number of nitrogens with one attached hydrogen (secondary N) is 1. The number of hydrazone groups is 1. The van der Waals surface area contributed by atoms with Crippen LogP contribution < -0.4 is 5.43 Å². The molecule has 3 aromatic carbocycles. The van der Waals surface area contributed by atoms with E-state index in [1.807, 2.05) is 5.43 Å². The minimum Gasteiger partial charge on any atom is -0.507 e. The standard InChI is InChI=1S/C17H10F4N2O/c18-12-7-13(19)16(21)17(15(12)20)23-22-8-11-10-4-2-1-3-9(10)5-6-14(11)24/h1-8,23-24H. The maximum absolute atomic E-state index is 13.5. The van der Waals surface area contributed by atoms with Crippen molar-refractivity contribution in [2.24, 2.45) is 5.10 Å². The summed E-state index contributed by atoms with van der Waals surface area (Å²) in [6.45, 7) is 0. The van der Waals surface area contributed by atoms with Crippen LogP contribution in [0.4, 0.5) is 23.2 Å². The van der Waals surface area contributed by atoms with E-state index in [1.54, 1.807) is 30.3 Å². The number of phenols is 1. The molecule has 0 aliphatic rings. The predicted octanol–water partition coefficient (Wildman–Crippen LogP) is 4.55. The molecule has 0 saturated heterocycles. The lowest BCUT2D eigenvalue weighted by Crippen LogP contribution is -2.02. The molecule has 0 aliphatic heterocycles. The van der Waals surface area contributed by atoms with E-state index >= 15 is 0 Å². The monoisotopic (exact) mass is 334 g/mol. The van der Waals surface area contributed by atoms with Gasteiger partial charge in [0.1, 0.15) is 11.4 Å². The Morgan fingerprint density at radius 2 is 1.58 bits per heavy atom. The van der Waals surface area contributed by atoms with Gasteiger partial charge in [-0.05, 0) is 16.8 Å². The van der Waals surface area contributed by atoms with Crippen molar-refractivity contribution in [1.29, 1.82) is 0 Å². The topological polar surface area (TPSA) is 44.6 Å². The Morgan fingerprint density at radius 3 is 2.29 bits per heavy atom. The number of fused-ring (bicyclic) bond motifs is 1. The van der Waals surface area contributed by atoms with Crippen molar-refractivity contribution in [3.63, 3.8) is 0 Å². The Kier molecular flexibility index (Phi) is 4.07. The molecule has 0 radical (unpaired) electrons. The summed E-state index contributed by atoms with van der Waals surface area (Å²) in [6, 6.07) is 10.3. The number of phenolic OH excluding ortho intramolecular Hbond substituents is 1. The van der Waals surface area contributed by atoms with Gasteiger partial charge in [-0.15, -0.1) is 0 Å². The van der Waals surface area contributed by atoms with Crippen molar-refractivity contribution >= 4 is 22.7 Å². The number of hydrogen-bond acceptors (Lipinski definition) is 3. The molecule has 3 aromatic rings. The number of aromatic hydroxyl groups is 1. The first-order valence-electron chi connectivity index (χ1n) is 6.82. The van der Waals surface area contributed by atoms with Crippen molar-refractivity contribution < 1.29 is 22.7 Å². The normalized spacial score (nSPS) is 11.3. The van der Waals surface area contributed by atoms with Crippen molar-refractivity contribution in [2.75, 3.05) is 5.43 Å². The van der Waals surface area contributed by atoms with E-state index in [0.29, 0.717) is 10.9 Å². The van der Waals surface area contributed by atoms with Gasteiger partial charge in [0.25, 0.3) is 0 Å². The molecule has 24 heavy (non-hydrogen) atoms. The number of hydrogen-bond donors (Lipinski definition) is 2. The number of rotatable bonds is 3. The summed E-state index contributed by atoms with van der Waals surface area (Å²) in [4.78, 5) is 0. The molecule has 122 valence electrons. The van der Waals surface area contributed by atoms with Crippen molar-refractivity contribution in [3.05, 3.63) is 71.3 Å². The van der Waals surface area contributed by atoms with E-state index in [1.165, 1.54) is 6.07 Å². The minimum atomic E-state index is -1.59. The predicted molar refractivity (Wildman–Crippen MR) is 83.1 cm³/mol. The average molecular weight is 334 g/mol. The average Bonchev–Trinajstić information content (AvgIpc) is 2.58. The Bertz CT molecular complexity index is 931. The molecule has 0 amide bonds. The van der Waals surface area contributed by atoms with Gasteiger partial charge < -0.3 is 5.11 Å². The molecule has 0 bridgehead atoms. The van der Waals surface area contributed by atoms with Gasteiger partial charge in [0.15, 0.2) is 23.3 Å². The van der Waals surface area contributed by atoms with Crippen LogP contribution in [0.25, 0.3) is 10.8 Å². The molecular formula is C17H10F4N2O. The maximum Gasteiger partial charge on any atom is 0.186 e. The van der Waals surface area contributed by atoms with Crippen molar-refractivity contribution in [3.8, 4) is 5.75 Å². The fraction of sp³-hybridized carbons (Fsp3) is 0. The van der Waals surface area contributed by atoms with Gasteiger partial charge in [-0.25, -0.2) is 17.6 Å². The van der Waals surface area contributed by atoms with Crippen LogP contribution in [-0.2, 0) is 0 Å². The third-order valence-corrected chi connectivity index (χ3v) is 3.43. The largest absolute Gasteiger partial charge is 0.507 e. The summed E-state index contributed by atoms with van der Waals surface area (Å²) < 4.78 is 53.3. The van der Waals surface area contributed by atoms with Crippen LogP contribution in [0.15, 0.2) is 47.6 Å². The highest BCUT2D eigenvalue weighted by Crippen LogP contribution is 2.26. The number of nitrogens with zero attached hydrogens (tertiary/aromatic N) is 1. The lowest BCUT2D eigenvalue weighted by atomic mass is 10.0. The van der Waals surface area contributed by atoms with Crippen LogP contribution in [0.5, 0.6) is 5.75 Å². The SMILES string of the molecule is Oc1ccc2ccccc2c1C=NNc1c(F)c(F)cc(F)c1F. The third-order valence-electron chi connectivity index (χ3n) is 3.43. The molecule has 0 unspecified atom stereocenters. The van der Waals surface area contributed by atoms with Gasteiger partial charge in [0.2, 0.25) is 0 Å². The van der Waals surface area contributed by atoms with Crippen LogP contribution >= 0.6 is 0 Å². The van der Waals surface area contributed by atoms with Crippen molar-refractivity contribution in [2.45, 2.75) is 0 Å². The summed E-state index contributed by atoms with van der Waals surface area (Å²) in [6.07, 6.45) is 1.11. The van der Waals surface area contributed by atoms with Gasteiger partial charge >= 0.3 is 0 Å². The minimum absolute atomic E-state index is 0.106. The van der Waals surface area contributed by atoms with E-state index in [-0.39, 0.29) is 11.8 Å². The molecule has 0 atom stereocenters. The molecule has 3 rings (SSSR count). The Hall–Kier alpha value is -3.09. The second-order valence-electron chi connectivity index (χ2n) is 4.93. The first-order valence-corrected chi connectivity index (χ1v) is 6.82. The fourth-order valence-electron chi connectivity index (χ4n) is 2.25. The highest BCUT2D eigenvalue weighted by atomic mass is 19.2. The van der Waals surface area contributed by atoms with Crippen molar-refractivity contribution in [1.82, 2.24) is 0 Å². The van der Waals surface area contributed by atoms with Gasteiger partial charge in [-0.2, -0.15) is 5.10 Å². The number of anilines is 1. The van der Waals surface area contributed by atoms with E-state index in [9.17, 15) is 22.7 Å². The molecule has 7 heteroatoms. The van der Waals surface area contributed by atoms with E-state index in [4.69, 9.17) is 0 Å². The Balaban J connectivity index is 1.98. The van der Waals surface area contributed by atoms with Crippen LogP contribution in [0, 0.1) is 23.3 Å². The zero-order valence-electron chi connectivity index (χ0n) is 12.0. The zero-order valence-corrected chi connectivity index (χ0v) is 12.0. The Labute approximate surface area is 133 Å². The molecular weight excluding hydrogens is 324 g/mol. The molecule has 0 fully saturated rings.